The summed E-state index contributed by atoms with van der Waals surface area (Å²) in [6, 6.07) is 8.48. The van der Waals surface area contributed by atoms with Crippen molar-refractivity contribution in [2.45, 2.75) is 45.6 Å². The number of aryl methyl sites for hydroxylation is 2. The van der Waals surface area contributed by atoms with Gasteiger partial charge in [0.15, 0.2) is 0 Å². The lowest BCUT2D eigenvalue weighted by molar-refractivity contribution is 0.668. The topological polar surface area (TPSA) is 57.8 Å². The second kappa shape index (κ2) is 6.88. The average Bonchev–Trinajstić information content (AvgIpc) is 2.56. The van der Waals surface area contributed by atoms with E-state index in [-0.39, 0.29) is 5.56 Å². The monoisotopic (exact) mass is 297 g/mol. The summed E-state index contributed by atoms with van der Waals surface area (Å²) in [5.74, 6) is 0. The number of hydrogen-bond acceptors (Lipinski definition) is 3. The third-order valence-electron chi connectivity index (χ3n) is 4.27. The van der Waals surface area contributed by atoms with E-state index in [4.69, 9.17) is 0 Å². The van der Waals surface area contributed by atoms with Gasteiger partial charge in [-0.15, -0.1) is 0 Å². The summed E-state index contributed by atoms with van der Waals surface area (Å²) in [5.41, 5.74) is 5.48. The number of aromatic amines is 1. The zero-order valence-corrected chi connectivity index (χ0v) is 13.1. The van der Waals surface area contributed by atoms with Crippen molar-refractivity contribution in [3.8, 4) is 11.3 Å². The van der Waals surface area contributed by atoms with Crippen molar-refractivity contribution in [3.05, 3.63) is 51.3 Å². The molecule has 0 radical (unpaired) electrons. The molecule has 1 heterocycles. The largest absolute Gasteiger partial charge is 0.312 e. The normalized spacial score (nSPS) is 13.9. The van der Waals surface area contributed by atoms with E-state index in [9.17, 15) is 4.79 Å². The summed E-state index contributed by atoms with van der Waals surface area (Å²) >= 11 is 0. The van der Waals surface area contributed by atoms with E-state index in [0.29, 0.717) is 6.54 Å². The molecular weight excluding hydrogens is 274 g/mol. The van der Waals surface area contributed by atoms with Crippen molar-refractivity contribution >= 4 is 0 Å². The van der Waals surface area contributed by atoms with E-state index in [0.717, 1.165) is 36.2 Å². The highest BCUT2D eigenvalue weighted by molar-refractivity contribution is 5.61. The number of H-pyrrole nitrogens is 1. The lowest BCUT2D eigenvalue weighted by Gasteiger charge is -2.16. The molecule has 1 aliphatic carbocycles. The summed E-state index contributed by atoms with van der Waals surface area (Å²) in [6.45, 7) is 3.61. The highest BCUT2D eigenvalue weighted by Gasteiger charge is 2.11. The Morgan fingerprint density at radius 1 is 1.18 bits per heavy atom. The molecule has 0 aliphatic heterocycles. The van der Waals surface area contributed by atoms with E-state index in [1.807, 2.05) is 6.07 Å². The molecule has 0 amide bonds. The molecule has 1 aromatic heterocycles. The Morgan fingerprint density at radius 2 is 2.00 bits per heavy atom. The van der Waals surface area contributed by atoms with Crippen LogP contribution in [0, 0.1) is 0 Å². The smallest absolute Gasteiger partial charge is 0.268 e. The molecule has 0 fully saturated rings. The van der Waals surface area contributed by atoms with E-state index < -0.39 is 0 Å². The lowest BCUT2D eigenvalue weighted by Crippen LogP contribution is -2.22. The van der Waals surface area contributed by atoms with Gasteiger partial charge in [-0.25, -0.2) is 5.10 Å². The molecule has 0 bridgehead atoms. The second-order valence-electron chi connectivity index (χ2n) is 5.97. The Bertz CT molecular complexity index is 706. The van der Waals surface area contributed by atoms with Crippen LogP contribution in [0.4, 0.5) is 0 Å². The van der Waals surface area contributed by atoms with Crippen LogP contribution < -0.4 is 10.9 Å². The highest BCUT2D eigenvalue weighted by Crippen LogP contribution is 2.26. The molecule has 4 nitrogen and oxygen atoms in total. The summed E-state index contributed by atoms with van der Waals surface area (Å²) in [5, 5.41) is 10.1. The van der Waals surface area contributed by atoms with E-state index in [1.165, 1.54) is 30.4 Å². The number of hydrogen-bond donors (Lipinski definition) is 2. The highest BCUT2D eigenvalue weighted by atomic mass is 16.1. The van der Waals surface area contributed by atoms with Gasteiger partial charge in [-0.05, 0) is 61.9 Å². The zero-order valence-electron chi connectivity index (χ0n) is 13.1. The van der Waals surface area contributed by atoms with Crippen LogP contribution in [0.5, 0.6) is 0 Å². The van der Waals surface area contributed by atoms with Gasteiger partial charge in [-0.1, -0.05) is 19.1 Å². The van der Waals surface area contributed by atoms with Crippen LogP contribution in [0.1, 0.15) is 42.9 Å². The van der Waals surface area contributed by atoms with Crippen LogP contribution in [0.15, 0.2) is 29.1 Å². The van der Waals surface area contributed by atoms with Crippen molar-refractivity contribution < 1.29 is 0 Å². The van der Waals surface area contributed by atoms with Crippen LogP contribution >= 0.6 is 0 Å². The van der Waals surface area contributed by atoms with Gasteiger partial charge in [-0.2, -0.15) is 5.10 Å². The molecule has 3 rings (SSSR count). The Hall–Kier alpha value is -1.94. The van der Waals surface area contributed by atoms with Gasteiger partial charge in [-0.3, -0.25) is 4.79 Å². The molecule has 4 heteroatoms. The SMILES string of the molecule is CCCNCc1cc(-c2ccc3c(c2)CCCC3)n[nH]c1=O. The number of nitrogens with one attached hydrogen (secondary N) is 2. The molecule has 1 aliphatic rings. The minimum Gasteiger partial charge on any atom is -0.312 e. The standard InChI is InChI=1S/C18H23N3O/c1-2-9-19-12-16-11-17(20-21-18(16)22)15-8-7-13-5-3-4-6-14(13)10-15/h7-8,10-11,19H,2-6,9,12H2,1H3,(H,21,22). The van der Waals surface area contributed by atoms with E-state index >= 15 is 0 Å². The first-order chi connectivity index (χ1) is 10.8. The van der Waals surface area contributed by atoms with Crippen molar-refractivity contribution in [2.24, 2.45) is 0 Å². The quantitative estimate of drug-likeness (QED) is 0.834. The fraction of sp³-hybridized carbons (Fsp3) is 0.444. The molecule has 116 valence electrons. The molecule has 0 saturated heterocycles. The predicted octanol–water partition coefficient (Wildman–Crippen LogP) is 2.82. The van der Waals surface area contributed by atoms with Crippen molar-refractivity contribution in [2.75, 3.05) is 6.54 Å². The Kier molecular flexibility index (Phi) is 4.68. The number of nitrogens with zero attached hydrogens (tertiary/aromatic N) is 1. The molecule has 2 N–H and O–H groups in total. The lowest BCUT2D eigenvalue weighted by atomic mass is 9.90. The van der Waals surface area contributed by atoms with Gasteiger partial charge in [0.2, 0.25) is 0 Å². The maximum atomic E-state index is 11.9. The van der Waals surface area contributed by atoms with Crippen molar-refractivity contribution in [1.82, 2.24) is 15.5 Å². The molecule has 0 unspecified atom stereocenters. The van der Waals surface area contributed by atoms with Crippen molar-refractivity contribution in [1.29, 1.82) is 0 Å². The van der Waals surface area contributed by atoms with Crippen molar-refractivity contribution in [3.63, 3.8) is 0 Å². The fourth-order valence-corrected chi connectivity index (χ4v) is 3.02. The Balaban J connectivity index is 1.88. The predicted molar refractivity (Wildman–Crippen MR) is 88.9 cm³/mol. The third kappa shape index (κ3) is 3.28. The van der Waals surface area contributed by atoms with Gasteiger partial charge in [0.05, 0.1) is 5.69 Å². The molecule has 0 atom stereocenters. The number of aromatic nitrogens is 2. The molecular formula is C18H23N3O. The Labute approximate surface area is 131 Å². The maximum absolute atomic E-state index is 11.9. The van der Waals surface area contributed by atoms with Gasteiger partial charge in [0.1, 0.15) is 0 Å². The Morgan fingerprint density at radius 3 is 2.82 bits per heavy atom. The first-order valence-corrected chi connectivity index (χ1v) is 8.19. The zero-order chi connectivity index (χ0) is 15.4. The summed E-state index contributed by atoms with van der Waals surface area (Å²) in [6.07, 6.45) is 5.94. The fourth-order valence-electron chi connectivity index (χ4n) is 3.02. The maximum Gasteiger partial charge on any atom is 0.268 e. The third-order valence-corrected chi connectivity index (χ3v) is 4.27. The number of fused-ring (bicyclic) bond motifs is 1. The first kappa shape index (κ1) is 15.0. The van der Waals surface area contributed by atoms with Gasteiger partial charge in [0, 0.05) is 17.7 Å². The van der Waals surface area contributed by atoms with Crippen LogP contribution in [-0.4, -0.2) is 16.7 Å². The minimum atomic E-state index is -0.106. The number of rotatable bonds is 5. The summed E-state index contributed by atoms with van der Waals surface area (Å²) in [4.78, 5) is 11.9. The van der Waals surface area contributed by atoms with E-state index in [2.05, 4.69) is 40.6 Å². The average molecular weight is 297 g/mol. The van der Waals surface area contributed by atoms with Crippen LogP contribution in [0.2, 0.25) is 0 Å². The first-order valence-electron chi connectivity index (χ1n) is 8.19. The summed E-state index contributed by atoms with van der Waals surface area (Å²) in [7, 11) is 0. The molecule has 0 saturated carbocycles. The van der Waals surface area contributed by atoms with Gasteiger partial charge >= 0.3 is 0 Å². The van der Waals surface area contributed by atoms with Crippen LogP contribution in [-0.2, 0) is 19.4 Å². The van der Waals surface area contributed by atoms with Crippen LogP contribution in [0.25, 0.3) is 11.3 Å². The molecule has 2 aromatic rings. The minimum absolute atomic E-state index is 0.106. The molecule has 22 heavy (non-hydrogen) atoms. The van der Waals surface area contributed by atoms with Gasteiger partial charge < -0.3 is 5.32 Å². The molecule has 1 aromatic carbocycles. The van der Waals surface area contributed by atoms with E-state index in [1.54, 1.807) is 0 Å². The summed E-state index contributed by atoms with van der Waals surface area (Å²) < 4.78 is 0. The number of benzene rings is 1. The molecule has 0 spiro atoms. The second-order valence-corrected chi connectivity index (χ2v) is 5.97. The van der Waals surface area contributed by atoms with Gasteiger partial charge in [0.25, 0.3) is 5.56 Å². The van der Waals surface area contributed by atoms with Crippen LogP contribution in [0.3, 0.4) is 0 Å².